The zero-order valence-corrected chi connectivity index (χ0v) is 14.4. The van der Waals surface area contributed by atoms with E-state index in [1.165, 1.54) is 12.1 Å². The van der Waals surface area contributed by atoms with E-state index < -0.39 is 5.60 Å². The maximum atomic E-state index is 13.4. The van der Waals surface area contributed by atoms with Crippen LogP contribution in [0.3, 0.4) is 0 Å². The number of benzene rings is 1. The average molecular weight is 344 g/mol. The molecule has 0 saturated carbocycles. The Morgan fingerprint density at radius 3 is 2.80 bits per heavy atom. The summed E-state index contributed by atoms with van der Waals surface area (Å²) in [5.74, 6) is 0.745. The third-order valence-electron chi connectivity index (χ3n) is 4.33. The minimum Gasteiger partial charge on any atom is -0.466 e. The van der Waals surface area contributed by atoms with Gasteiger partial charge in [0.25, 0.3) is 0 Å². The molecule has 6 heteroatoms. The zero-order chi connectivity index (χ0) is 18.2. The number of halogens is 1. The second-order valence-electron chi connectivity index (χ2n) is 6.56. The van der Waals surface area contributed by atoms with E-state index in [1.54, 1.807) is 39.1 Å². The van der Waals surface area contributed by atoms with E-state index in [2.05, 4.69) is 10.3 Å². The summed E-state index contributed by atoms with van der Waals surface area (Å²) in [5.41, 5.74) is 0.909. The smallest absolute Gasteiger partial charge is 0.224 e. The fraction of sp³-hybridized carbons (Fsp3) is 0.316. The fourth-order valence-electron chi connectivity index (χ4n) is 3.06. The number of aromatic nitrogens is 1. The molecule has 0 spiro atoms. The summed E-state index contributed by atoms with van der Waals surface area (Å²) in [7, 11) is 0. The van der Waals surface area contributed by atoms with Gasteiger partial charge in [0, 0.05) is 22.7 Å². The fourth-order valence-corrected chi connectivity index (χ4v) is 3.06. The highest BCUT2D eigenvalue weighted by molar-refractivity contribution is 5.88. The molecule has 0 aliphatic carbocycles. The number of aryl methyl sites for hydroxylation is 2. The van der Waals surface area contributed by atoms with Crippen molar-refractivity contribution >= 4 is 16.8 Å². The number of hydrogen-bond donors (Lipinski definition) is 3. The number of aromatic amines is 1. The monoisotopic (exact) mass is 344 g/mol. The molecule has 0 fully saturated rings. The molecule has 1 aromatic carbocycles. The van der Waals surface area contributed by atoms with Gasteiger partial charge in [-0.2, -0.15) is 0 Å². The summed E-state index contributed by atoms with van der Waals surface area (Å²) in [6.45, 7) is 5.27. The summed E-state index contributed by atoms with van der Waals surface area (Å²) < 4.78 is 18.8. The first kappa shape index (κ1) is 17.2. The number of amides is 1. The summed E-state index contributed by atoms with van der Waals surface area (Å²) in [6.07, 6.45) is 1.80. The Kier molecular flexibility index (Phi) is 4.39. The van der Waals surface area contributed by atoms with Crippen molar-refractivity contribution in [2.45, 2.75) is 32.8 Å². The van der Waals surface area contributed by atoms with Crippen LogP contribution in [0.5, 0.6) is 0 Å². The minimum atomic E-state index is -1.23. The molecule has 0 aliphatic heterocycles. The van der Waals surface area contributed by atoms with Crippen molar-refractivity contribution in [2.24, 2.45) is 0 Å². The molecule has 0 radical (unpaired) electrons. The van der Waals surface area contributed by atoms with E-state index in [1.807, 2.05) is 0 Å². The molecule has 3 rings (SSSR count). The Balaban J connectivity index is 1.68. The van der Waals surface area contributed by atoms with Crippen molar-refractivity contribution in [2.75, 3.05) is 6.54 Å². The number of carbonyl (C=O) groups excluding carboxylic acids is 1. The maximum absolute atomic E-state index is 13.4. The van der Waals surface area contributed by atoms with Crippen LogP contribution in [0, 0.1) is 19.7 Å². The molecule has 0 saturated heterocycles. The van der Waals surface area contributed by atoms with Crippen LogP contribution in [-0.4, -0.2) is 22.5 Å². The van der Waals surface area contributed by atoms with Gasteiger partial charge >= 0.3 is 0 Å². The summed E-state index contributed by atoms with van der Waals surface area (Å²) in [6, 6.07) is 6.18. The number of hydrogen-bond acceptors (Lipinski definition) is 3. The first-order chi connectivity index (χ1) is 11.8. The summed E-state index contributed by atoms with van der Waals surface area (Å²) in [5, 5.41) is 14.1. The summed E-state index contributed by atoms with van der Waals surface area (Å²) >= 11 is 0. The van der Waals surface area contributed by atoms with Gasteiger partial charge in [0.1, 0.15) is 22.9 Å². The van der Waals surface area contributed by atoms with Gasteiger partial charge in [-0.15, -0.1) is 0 Å². The molecule has 25 heavy (non-hydrogen) atoms. The number of furan rings is 1. The molecule has 1 unspecified atom stereocenters. The molecule has 1 atom stereocenters. The largest absolute Gasteiger partial charge is 0.466 e. The molecule has 3 N–H and O–H groups in total. The lowest BCUT2D eigenvalue weighted by Gasteiger charge is -2.23. The Hall–Kier alpha value is -2.60. The zero-order valence-electron chi connectivity index (χ0n) is 14.4. The highest BCUT2D eigenvalue weighted by atomic mass is 19.1. The molecule has 2 aromatic heterocycles. The van der Waals surface area contributed by atoms with Crippen molar-refractivity contribution in [3.8, 4) is 0 Å². The number of nitrogens with one attached hydrogen (secondary N) is 2. The van der Waals surface area contributed by atoms with Crippen molar-refractivity contribution in [1.82, 2.24) is 10.3 Å². The van der Waals surface area contributed by atoms with Crippen LogP contribution >= 0.6 is 0 Å². The molecule has 0 bridgehead atoms. The van der Waals surface area contributed by atoms with Gasteiger partial charge in [-0.25, -0.2) is 4.39 Å². The van der Waals surface area contributed by atoms with Crippen molar-refractivity contribution in [1.29, 1.82) is 0 Å². The first-order valence-corrected chi connectivity index (χ1v) is 8.08. The number of rotatable bonds is 5. The molecule has 132 valence electrons. The third-order valence-corrected chi connectivity index (χ3v) is 4.33. The van der Waals surface area contributed by atoms with Gasteiger partial charge in [0.15, 0.2) is 0 Å². The Bertz CT molecular complexity index is 924. The number of carbonyl (C=O) groups is 1. The maximum Gasteiger partial charge on any atom is 0.224 e. The lowest BCUT2D eigenvalue weighted by Crippen LogP contribution is -2.39. The van der Waals surface area contributed by atoms with Gasteiger partial charge in [-0.3, -0.25) is 4.79 Å². The van der Waals surface area contributed by atoms with E-state index >= 15 is 0 Å². The van der Waals surface area contributed by atoms with Crippen LogP contribution in [0.4, 0.5) is 4.39 Å². The number of aliphatic hydroxyl groups is 1. The molecular formula is C19H21FN2O3. The normalized spacial score (nSPS) is 13.8. The van der Waals surface area contributed by atoms with Crippen molar-refractivity contribution in [3.63, 3.8) is 0 Å². The SMILES string of the molecule is Cc1cc(C(C)(O)CNC(=O)Cc2c[nH]c3ccc(F)cc23)c(C)o1. The standard InChI is InChI=1S/C19H21FN2O3/c1-11-6-16(12(2)25-11)19(3,24)10-22-18(23)7-13-9-21-17-5-4-14(20)8-15(13)17/h4-6,8-9,21,24H,7,10H2,1-3H3,(H,22,23). The Morgan fingerprint density at radius 1 is 1.36 bits per heavy atom. The lowest BCUT2D eigenvalue weighted by molar-refractivity contribution is -0.121. The van der Waals surface area contributed by atoms with Crippen LogP contribution in [0.1, 0.15) is 29.6 Å². The van der Waals surface area contributed by atoms with E-state index in [0.29, 0.717) is 28.0 Å². The van der Waals surface area contributed by atoms with Gasteiger partial charge in [-0.1, -0.05) is 0 Å². The average Bonchev–Trinajstić information content (AvgIpc) is 3.09. The van der Waals surface area contributed by atoms with E-state index in [4.69, 9.17) is 4.42 Å². The van der Waals surface area contributed by atoms with Crippen LogP contribution in [-0.2, 0) is 16.8 Å². The van der Waals surface area contributed by atoms with Gasteiger partial charge in [0.05, 0.1) is 13.0 Å². The molecule has 5 nitrogen and oxygen atoms in total. The van der Waals surface area contributed by atoms with E-state index in [-0.39, 0.29) is 24.7 Å². The molecule has 2 heterocycles. The third kappa shape index (κ3) is 3.58. The highest BCUT2D eigenvalue weighted by Crippen LogP contribution is 2.26. The Morgan fingerprint density at radius 2 is 2.12 bits per heavy atom. The number of fused-ring (bicyclic) bond motifs is 1. The Labute approximate surface area is 144 Å². The molecule has 3 aromatic rings. The predicted molar refractivity (Wildman–Crippen MR) is 92.7 cm³/mol. The van der Waals surface area contributed by atoms with Crippen LogP contribution in [0.25, 0.3) is 10.9 Å². The van der Waals surface area contributed by atoms with Crippen LogP contribution in [0.2, 0.25) is 0 Å². The van der Waals surface area contributed by atoms with Crippen molar-refractivity contribution < 1.29 is 18.7 Å². The molecule has 0 aliphatic rings. The lowest BCUT2D eigenvalue weighted by atomic mass is 9.96. The topological polar surface area (TPSA) is 78.3 Å². The molecule has 1 amide bonds. The van der Waals surface area contributed by atoms with E-state index in [0.717, 1.165) is 5.52 Å². The summed E-state index contributed by atoms with van der Waals surface area (Å²) in [4.78, 5) is 15.3. The minimum absolute atomic E-state index is 0.0579. The molecular weight excluding hydrogens is 323 g/mol. The van der Waals surface area contributed by atoms with Crippen LogP contribution < -0.4 is 5.32 Å². The predicted octanol–water partition coefficient (Wildman–Crippen LogP) is 3.08. The second kappa shape index (κ2) is 6.37. The number of H-pyrrole nitrogens is 1. The second-order valence-corrected chi connectivity index (χ2v) is 6.56. The quantitative estimate of drug-likeness (QED) is 0.665. The van der Waals surface area contributed by atoms with Crippen molar-refractivity contribution in [3.05, 3.63) is 58.9 Å². The van der Waals surface area contributed by atoms with Gasteiger partial charge < -0.3 is 19.8 Å². The highest BCUT2D eigenvalue weighted by Gasteiger charge is 2.28. The first-order valence-electron chi connectivity index (χ1n) is 8.08. The van der Waals surface area contributed by atoms with E-state index in [9.17, 15) is 14.3 Å². The van der Waals surface area contributed by atoms with Crippen LogP contribution in [0.15, 0.2) is 34.9 Å². The van der Waals surface area contributed by atoms with Gasteiger partial charge in [0.2, 0.25) is 5.91 Å². The van der Waals surface area contributed by atoms with Gasteiger partial charge in [-0.05, 0) is 50.6 Å².